The van der Waals surface area contributed by atoms with Crippen molar-refractivity contribution in [2.45, 2.75) is 50.7 Å². The molecule has 2 aliphatic rings. The van der Waals surface area contributed by atoms with Crippen LogP contribution in [-0.2, 0) is 0 Å². The maximum atomic E-state index is 9.59. The average Bonchev–Trinajstić information content (AvgIpc) is 2.89. The molecule has 0 spiro atoms. The Morgan fingerprint density at radius 3 is 2.18 bits per heavy atom. The van der Waals surface area contributed by atoms with E-state index in [-0.39, 0.29) is 12.0 Å². The Balaban J connectivity index is 1.75. The van der Waals surface area contributed by atoms with E-state index >= 15 is 0 Å². The van der Waals surface area contributed by atoms with Crippen molar-refractivity contribution in [1.29, 1.82) is 0 Å². The van der Waals surface area contributed by atoms with Gasteiger partial charge in [-0.25, -0.2) is 0 Å². The Morgan fingerprint density at radius 2 is 1.65 bits per heavy atom. The normalized spacial score (nSPS) is 39.0. The molecule has 0 aromatic carbocycles. The largest absolute Gasteiger partial charge is 0.396 e. The van der Waals surface area contributed by atoms with E-state index < -0.39 is 12.2 Å². The molecule has 0 bridgehead atoms. The summed E-state index contributed by atoms with van der Waals surface area (Å²) in [5.74, 6) is 0.780. The molecule has 100 valence electrons. The number of nitrogens with one attached hydrogen (secondary N) is 1. The highest BCUT2D eigenvalue weighted by molar-refractivity contribution is 4.95. The zero-order valence-electron chi connectivity index (χ0n) is 10.4. The Kier molecular flexibility index (Phi) is 4.42. The van der Waals surface area contributed by atoms with Crippen LogP contribution in [0.2, 0.25) is 0 Å². The molecule has 0 heterocycles. The number of rotatable bonds is 5. The summed E-state index contributed by atoms with van der Waals surface area (Å²) in [6, 6.07) is 0. The van der Waals surface area contributed by atoms with Gasteiger partial charge in [0.05, 0.1) is 18.8 Å². The standard InChI is InChI=1S/C13H25NO3/c15-9-13(5-11(16)12(17)6-13)8-14-7-10-3-1-2-4-10/h10-12,14-17H,1-9H2/t11-,12+,13?. The molecule has 1 unspecified atom stereocenters. The highest BCUT2D eigenvalue weighted by atomic mass is 16.3. The maximum absolute atomic E-state index is 9.59. The van der Waals surface area contributed by atoms with E-state index in [0.29, 0.717) is 19.4 Å². The van der Waals surface area contributed by atoms with Crippen LogP contribution in [-0.4, -0.2) is 47.2 Å². The third kappa shape index (κ3) is 3.19. The van der Waals surface area contributed by atoms with Crippen LogP contribution < -0.4 is 5.32 Å². The van der Waals surface area contributed by atoms with E-state index in [1.54, 1.807) is 0 Å². The molecule has 0 radical (unpaired) electrons. The van der Waals surface area contributed by atoms with Crippen molar-refractivity contribution < 1.29 is 15.3 Å². The lowest BCUT2D eigenvalue weighted by Crippen LogP contribution is -2.37. The smallest absolute Gasteiger partial charge is 0.0806 e. The molecular weight excluding hydrogens is 218 g/mol. The van der Waals surface area contributed by atoms with Gasteiger partial charge in [0.2, 0.25) is 0 Å². The summed E-state index contributed by atoms with van der Waals surface area (Å²) in [5, 5.41) is 32.1. The van der Waals surface area contributed by atoms with Crippen molar-refractivity contribution in [2.24, 2.45) is 11.3 Å². The molecule has 3 atom stereocenters. The summed E-state index contributed by atoms with van der Waals surface area (Å²) < 4.78 is 0. The zero-order valence-corrected chi connectivity index (χ0v) is 10.4. The van der Waals surface area contributed by atoms with Crippen LogP contribution in [0.4, 0.5) is 0 Å². The molecule has 0 aromatic rings. The monoisotopic (exact) mass is 243 g/mol. The number of hydrogen-bond donors (Lipinski definition) is 4. The van der Waals surface area contributed by atoms with Gasteiger partial charge in [0.15, 0.2) is 0 Å². The lowest BCUT2D eigenvalue weighted by molar-refractivity contribution is 0.0438. The Bertz CT molecular complexity index is 231. The SMILES string of the molecule is OCC1(CNCC2CCCC2)C[C@@H](O)[C@@H](O)C1. The van der Waals surface area contributed by atoms with Crippen LogP contribution >= 0.6 is 0 Å². The van der Waals surface area contributed by atoms with Crippen molar-refractivity contribution in [1.82, 2.24) is 5.32 Å². The molecule has 4 N–H and O–H groups in total. The van der Waals surface area contributed by atoms with Crippen LogP contribution in [0.15, 0.2) is 0 Å². The fourth-order valence-corrected chi connectivity index (χ4v) is 3.33. The fourth-order valence-electron chi connectivity index (χ4n) is 3.33. The van der Waals surface area contributed by atoms with Crippen LogP contribution in [0.25, 0.3) is 0 Å². The van der Waals surface area contributed by atoms with Crippen molar-refractivity contribution in [3.63, 3.8) is 0 Å². The van der Waals surface area contributed by atoms with Gasteiger partial charge in [-0.2, -0.15) is 0 Å². The van der Waals surface area contributed by atoms with Gasteiger partial charge in [-0.15, -0.1) is 0 Å². The van der Waals surface area contributed by atoms with Gasteiger partial charge in [-0.3, -0.25) is 0 Å². The third-order valence-corrected chi connectivity index (χ3v) is 4.47. The molecule has 4 heteroatoms. The molecule has 0 aliphatic heterocycles. The van der Waals surface area contributed by atoms with Gasteiger partial charge < -0.3 is 20.6 Å². The summed E-state index contributed by atoms with van der Waals surface area (Å²) in [7, 11) is 0. The van der Waals surface area contributed by atoms with Gasteiger partial charge in [0.1, 0.15) is 0 Å². The van der Waals surface area contributed by atoms with Crippen LogP contribution in [0, 0.1) is 11.3 Å². The first kappa shape index (κ1) is 13.3. The van der Waals surface area contributed by atoms with Crippen LogP contribution in [0.3, 0.4) is 0 Å². The van der Waals surface area contributed by atoms with E-state index in [0.717, 1.165) is 12.5 Å². The minimum Gasteiger partial charge on any atom is -0.396 e. The van der Waals surface area contributed by atoms with E-state index in [1.807, 2.05) is 0 Å². The number of aliphatic hydroxyl groups excluding tert-OH is 3. The summed E-state index contributed by atoms with van der Waals surface area (Å²) in [5.41, 5.74) is -0.322. The van der Waals surface area contributed by atoms with Gasteiger partial charge >= 0.3 is 0 Å². The molecule has 2 fully saturated rings. The zero-order chi connectivity index (χ0) is 12.3. The first-order valence-electron chi connectivity index (χ1n) is 6.83. The van der Waals surface area contributed by atoms with E-state index in [9.17, 15) is 15.3 Å². The molecule has 0 saturated heterocycles. The van der Waals surface area contributed by atoms with Gasteiger partial charge in [0.25, 0.3) is 0 Å². The van der Waals surface area contributed by atoms with Crippen molar-refractivity contribution in [3.05, 3.63) is 0 Å². The predicted molar refractivity (Wildman–Crippen MR) is 65.6 cm³/mol. The van der Waals surface area contributed by atoms with Gasteiger partial charge in [-0.1, -0.05) is 12.8 Å². The Hall–Kier alpha value is -0.160. The first-order valence-corrected chi connectivity index (χ1v) is 6.83. The number of aliphatic hydroxyl groups is 3. The minimum absolute atomic E-state index is 0.0405. The topological polar surface area (TPSA) is 72.7 Å². The summed E-state index contributed by atoms with van der Waals surface area (Å²) in [4.78, 5) is 0. The molecule has 17 heavy (non-hydrogen) atoms. The van der Waals surface area contributed by atoms with Gasteiger partial charge in [0, 0.05) is 12.0 Å². The van der Waals surface area contributed by atoms with Crippen molar-refractivity contribution >= 4 is 0 Å². The maximum Gasteiger partial charge on any atom is 0.0806 e. The second-order valence-corrected chi connectivity index (χ2v) is 5.98. The highest BCUT2D eigenvalue weighted by Crippen LogP contribution is 2.37. The lowest BCUT2D eigenvalue weighted by Gasteiger charge is -2.27. The number of hydrogen-bond acceptors (Lipinski definition) is 4. The summed E-state index contributed by atoms with van der Waals surface area (Å²) in [6.45, 7) is 1.75. The van der Waals surface area contributed by atoms with E-state index in [1.165, 1.54) is 25.7 Å². The molecule has 2 saturated carbocycles. The Labute approximate surface area is 103 Å². The molecule has 0 amide bonds. The van der Waals surface area contributed by atoms with Crippen molar-refractivity contribution in [3.8, 4) is 0 Å². The second-order valence-electron chi connectivity index (χ2n) is 5.98. The quantitative estimate of drug-likeness (QED) is 0.559. The third-order valence-electron chi connectivity index (χ3n) is 4.47. The molecule has 2 rings (SSSR count). The van der Waals surface area contributed by atoms with Crippen molar-refractivity contribution in [2.75, 3.05) is 19.7 Å². The highest BCUT2D eigenvalue weighted by Gasteiger charge is 2.43. The lowest BCUT2D eigenvalue weighted by atomic mass is 9.86. The van der Waals surface area contributed by atoms with E-state index in [4.69, 9.17) is 0 Å². The molecule has 0 aromatic heterocycles. The van der Waals surface area contributed by atoms with E-state index in [2.05, 4.69) is 5.32 Å². The summed E-state index contributed by atoms with van der Waals surface area (Å²) in [6.07, 6.45) is 4.97. The fraction of sp³-hybridized carbons (Fsp3) is 1.00. The van der Waals surface area contributed by atoms with Crippen LogP contribution in [0.1, 0.15) is 38.5 Å². The second kappa shape index (κ2) is 5.65. The molecular formula is C13H25NO3. The summed E-state index contributed by atoms with van der Waals surface area (Å²) >= 11 is 0. The molecule has 2 aliphatic carbocycles. The minimum atomic E-state index is -0.671. The molecule has 4 nitrogen and oxygen atoms in total. The average molecular weight is 243 g/mol. The first-order chi connectivity index (χ1) is 8.15. The van der Waals surface area contributed by atoms with Gasteiger partial charge in [-0.05, 0) is 38.1 Å². The Morgan fingerprint density at radius 1 is 1.06 bits per heavy atom. The van der Waals surface area contributed by atoms with Crippen LogP contribution in [0.5, 0.6) is 0 Å². The predicted octanol–water partition coefficient (Wildman–Crippen LogP) is 0.260.